The zero-order valence-electron chi connectivity index (χ0n) is 10.3. The Kier molecular flexibility index (Phi) is 3.79. The summed E-state index contributed by atoms with van der Waals surface area (Å²) in [6, 6.07) is 1.60. The smallest absolute Gasteiger partial charge is 0.308 e. The molecule has 1 aromatic heterocycles. The molecule has 2 rings (SSSR count). The van der Waals surface area contributed by atoms with Crippen LogP contribution in [0.4, 0.5) is 10.1 Å². The van der Waals surface area contributed by atoms with Crippen molar-refractivity contribution in [3.05, 3.63) is 24.3 Å². The lowest BCUT2D eigenvalue weighted by Crippen LogP contribution is -2.24. The van der Waals surface area contributed by atoms with Gasteiger partial charge in [-0.2, -0.15) is 0 Å². The van der Waals surface area contributed by atoms with Gasteiger partial charge in [0.1, 0.15) is 0 Å². The average molecular weight is 252 g/mol. The molecule has 2 heterocycles. The second-order valence-electron chi connectivity index (χ2n) is 4.73. The third-order valence-electron chi connectivity index (χ3n) is 3.51. The van der Waals surface area contributed by atoms with Crippen LogP contribution in [-0.4, -0.2) is 29.1 Å². The van der Waals surface area contributed by atoms with Gasteiger partial charge in [-0.25, -0.2) is 4.39 Å². The summed E-state index contributed by atoms with van der Waals surface area (Å²) in [5, 5.41) is 9.21. The molecule has 1 saturated heterocycles. The van der Waals surface area contributed by atoms with Gasteiger partial charge in [0.05, 0.1) is 17.8 Å². The monoisotopic (exact) mass is 252 g/mol. The van der Waals surface area contributed by atoms with Crippen LogP contribution in [0.25, 0.3) is 0 Å². The second-order valence-corrected chi connectivity index (χ2v) is 4.73. The van der Waals surface area contributed by atoms with E-state index in [1.54, 1.807) is 6.07 Å². The normalized spacial score (nSPS) is 23.3. The molecule has 4 nitrogen and oxygen atoms in total. The van der Waals surface area contributed by atoms with Crippen molar-refractivity contribution in [1.82, 2.24) is 4.98 Å². The maximum absolute atomic E-state index is 13.6. The number of halogens is 1. The van der Waals surface area contributed by atoms with E-state index >= 15 is 0 Å². The number of nitrogens with zero attached hydrogens (tertiary/aromatic N) is 2. The number of carboxylic acid groups (broad SMARTS) is 1. The molecule has 0 unspecified atom stereocenters. The topological polar surface area (TPSA) is 53.4 Å². The lowest BCUT2D eigenvalue weighted by molar-refractivity contribution is -0.142. The molecule has 2 atom stereocenters. The van der Waals surface area contributed by atoms with E-state index in [0.717, 1.165) is 19.0 Å². The Labute approximate surface area is 105 Å². The summed E-state index contributed by atoms with van der Waals surface area (Å²) < 4.78 is 13.6. The summed E-state index contributed by atoms with van der Waals surface area (Å²) in [5.41, 5.74) is 0.454. The van der Waals surface area contributed by atoms with Crippen molar-refractivity contribution in [2.45, 2.75) is 19.8 Å². The Morgan fingerprint density at radius 1 is 1.61 bits per heavy atom. The minimum absolute atomic E-state index is 0.0973. The highest BCUT2D eigenvalue weighted by Gasteiger charge is 2.37. The number of anilines is 1. The van der Waals surface area contributed by atoms with Crippen LogP contribution in [-0.2, 0) is 4.79 Å². The lowest BCUT2D eigenvalue weighted by atomic mass is 9.92. The molecule has 1 aliphatic heterocycles. The van der Waals surface area contributed by atoms with Crippen LogP contribution < -0.4 is 4.90 Å². The molecule has 18 heavy (non-hydrogen) atoms. The third kappa shape index (κ3) is 2.44. The van der Waals surface area contributed by atoms with E-state index in [1.807, 2.05) is 11.8 Å². The first-order valence-electron chi connectivity index (χ1n) is 6.20. The van der Waals surface area contributed by atoms with Crippen molar-refractivity contribution in [2.24, 2.45) is 11.8 Å². The Morgan fingerprint density at radius 3 is 3.00 bits per heavy atom. The molecule has 0 amide bonds. The highest BCUT2D eigenvalue weighted by Crippen LogP contribution is 2.32. The van der Waals surface area contributed by atoms with Crippen molar-refractivity contribution in [1.29, 1.82) is 0 Å². The number of pyridine rings is 1. The van der Waals surface area contributed by atoms with Gasteiger partial charge in [0, 0.05) is 19.3 Å². The number of carbonyl (C=O) groups is 1. The Bertz CT molecular complexity index is 439. The van der Waals surface area contributed by atoms with Crippen molar-refractivity contribution < 1.29 is 14.3 Å². The number of aromatic nitrogens is 1. The molecular weight excluding hydrogens is 235 g/mol. The molecular formula is C13H17FN2O2. The molecule has 0 aliphatic carbocycles. The van der Waals surface area contributed by atoms with E-state index in [-0.39, 0.29) is 5.92 Å². The number of carboxylic acids is 1. The quantitative estimate of drug-likeness (QED) is 0.892. The molecule has 1 fully saturated rings. The standard InChI is InChI=1S/C13H17FN2O2/c1-2-3-9-7-16(8-10(9)13(17)18)12-4-5-15-6-11(12)14/h4-6,9-10H,2-3,7-8H2,1H3,(H,17,18)/t9-,10-/m1/s1. The molecule has 0 aromatic carbocycles. The van der Waals surface area contributed by atoms with Crippen LogP contribution in [0.5, 0.6) is 0 Å². The highest BCUT2D eigenvalue weighted by atomic mass is 19.1. The van der Waals surface area contributed by atoms with E-state index in [2.05, 4.69) is 4.98 Å². The number of hydrogen-bond acceptors (Lipinski definition) is 3. The van der Waals surface area contributed by atoms with E-state index in [1.165, 1.54) is 6.20 Å². The van der Waals surface area contributed by atoms with Crippen molar-refractivity contribution >= 4 is 11.7 Å². The fraction of sp³-hybridized carbons (Fsp3) is 0.538. The first-order valence-corrected chi connectivity index (χ1v) is 6.20. The van der Waals surface area contributed by atoms with Gasteiger partial charge in [0.2, 0.25) is 0 Å². The van der Waals surface area contributed by atoms with Crippen LogP contribution in [0.2, 0.25) is 0 Å². The maximum atomic E-state index is 13.6. The summed E-state index contributed by atoms with van der Waals surface area (Å²) in [5.74, 6) is -1.48. The average Bonchev–Trinajstić information content (AvgIpc) is 2.74. The van der Waals surface area contributed by atoms with Gasteiger partial charge in [0.25, 0.3) is 0 Å². The fourth-order valence-electron chi connectivity index (χ4n) is 2.64. The highest BCUT2D eigenvalue weighted by molar-refractivity contribution is 5.72. The van der Waals surface area contributed by atoms with E-state index in [4.69, 9.17) is 0 Å². The van der Waals surface area contributed by atoms with E-state index in [0.29, 0.717) is 18.8 Å². The molecule has 98 valence electrons. The Hall–Kier alpha value is -1.65. The fourth-order valence-corrected chi connectivity index (χ4v) is 2.64. The largest absolute Gasteiger partial charge is 0.481 e. The van der Waals surface area contributed by atoms with Gasteiger partial charge in [-0.15, -0.1) is 0 Å². The van der Waals surface area contributed by atoms with Crippen LogP contribution in [0.15, 0.2) is 18.5 Å². The van der Waals surface area contributed by atoms with E-state index < -0.39 is 17.7 Å². The summed E-state index contributed by atoms with van der Waals surface area (Å²) in [6.07, 6.45) is 4.50. The summed E-state index contributed by atoms with van der Waals surface area (Å²) in [7, 11) is 0. The van der Waals surface area contributed by atoms with Crippen molar-refractivity contribution in [3.8, 4) is 0 Å². The van der Waals surface area contributed by atoms with Gasteiger partial charge in [-0.05, 0) is 18.4 Å². The zero-order valence-corrected chi connectivity index (χ0v) is 10.3. The Balaban J connectivity index is 2.18. The van der Waals surface area contributed by atoms with Gasteiger partial charge in [-0.3, -0.25) is 9.78 Å². The lowest BCUT2D eigenvalue weighted by Gasteiger charge is -2.18. The van der Waals surface area contributed by atoms with Crippen LogP contribution in [0.1, 0.15) is 19.8 Å². The van der Waals surface area contributed by atoms with Gasteiger partial charge >= 0.3 is 5.97 Å². The zero-order chi connectivity index (χ0) is 13.1. The van der Waals surface area contributed by atoms with Gasteiger partial charge in [0.15, 0.2) is 5.82 Å². The minimum atomic E-state index is -0.787. The number of aliphatic carboxylic acids is 1. The molecule has 0 bridgehead atoms. The molecule has 0 saturated carbocycles. The first kappa shape index (κ1) is 12.8. The molecule has 1 aromatic rings. The predicted octanol–water partition coefficient (Wildman–Crippen LogP) is 2.16. The number of hydrogen-bond donors (Lipinski definition) is 1. The van der Waals surface area contributed by atoms with E-state index in [9.17, 15) is 14.3 Å². The first-order chi connectivity index (χ1) is 8.63. The predicted molar refractivity (Wildman–Crippen MR) is 65.9 cm³/mol. The molecule has 1 N–H and O–H groups in total. The molecule has 1 aliphatic rings. The second kappa shape index (κ2) is 5.33. The third-order valence-corrected chi connectivity index (χ3v) is 3.51. The van der Waals surface area contributed by atoms with Crippen molar-refractivity contribution in [2.75, 3.05) is 18.0 Å². The van der Waals surface area contributed by atoms with Crippen LogP contribution in [0, 0.1) is 17.7 Å². The van der Waals surface area contributed by atoms with Crippen LogP contribution >= 0.6 is 0 Å². The SMILES string of the molecule is CCC[C@@H]1CN(c2ccncc2F)C[C@H]1C(=O)O. The summed E-state index contributed by atoms with van der Waals surface area (Å²) in [4.78, 5) is 16.7. The van der Waals surface area contributed by atoms with Gasteiger partial charge in [-0.1, -0.05) is 13.3 Å². The molecule has 0 radical (unpaired) electrons. The Morgan fingerprint density at radius 2 is 2.39 bits per heavy atom. The molecule has 0 spiro atoms. The summed E-state index contributed by atoms with van der Waals surface area (Å²) >= 11 is 0. The van der Waals surface area contributed by atoms with Gasteiger partial charge < -0.3 is 10.0 Å². The maximum Gasteiger partial charge on any atom is 0.308 e. The van der Waals surface area contributed by atoms with Crippen LogP contribution in [0.3, 0.4) is 0 Å². The molecule has 5 heteroatoms. The number of rotatable bonds is 4. The minimum Gasteiger partial charge on any atom is -0.481 e. The van der Waals surface area contributed by atoms with Crippen molar-refractivity contribution in [3.63, 3.8) is 0 Å². The summed E-state index contributed by atoms with van der Waals surface area (Å²) in [6.45, 7) is 3.02.